The first-order valence-electron chi connectivity index (χ1n) is 9.97. The van der Waals surface area contributed by atoms with Gasteiger partial charge in [0.2, 0.25) is 5.90 Å². The van der Waals surface area contributed by atoms with Gasteiger partial charge in [-0.05, 0) is 29.7 Å². The van der Waals surface area contributed by atoms with E-state index in [1.807, 2.05) is 42.1 Å². The van der Waals surface area contributed by atoms with Crippen molar-refractivity contribution in [2.45, 2.75) is 17.9 Å². The Morgan fingerprint density at radius 1 is 0.828 bits per heavy atom. The fourth-order valence-corrected chi connectivity index (χ4v) is 4.55. The van der Waals surface area contributed by atoms with E-state index < -0.39 is 0 Å². The molecule has 0 amide bonds. The lowest BCUT2D eigenvalue weighted by atomic mass is 9.90. The Bertz CT molecular complexity index is 900. The Morgan fingerprint density at radius 2 is 1.45 bits per heavy atom. The van der Waals surface area contributed by atoms with Crippen LogP contribution in [0.3, 0.4) is 0 Å². The molecule has 0 spiro atoms. The van der Waals surface area contributed by atoms with Gasteiger partial charge in [0.15, 0.2) is 0 Å². The Hall–Kier alpha value is -2.72. The average Bonchev–Trinajstić information content (AvgIpc) is 3.16. The second-order valence-corrected chi connectivity index (χ2v) is 8.27. The van der Waals surface area contributed by atoms with Crippen molar-refractivity contribution in [1.82, 2.24) is 0 Å². The fraction of sp³-hybridized carbons (Fsp3) is 0.240. The monoisotopic (exact) mass is 403 g/mol. The Labute approximate surface area is 176 Å². The molecule has 0 aliphatic carbocycles. The third-order valence-corrected chi connectivity index (χ3v) is 6.27. The van der Waals surface area contributed by atoms with Crippen molar-refractivity contribution in [2.24, 2.45) is 17.0 Å². The van der Waals surface area contributed by atoms with Crippen LogP contribution in [0, 0.1) is 11.8 Å². The first-order chi connectivity index (χ1) is 14.4. The summed E-state index contributed by atoms with van der Waals surface area (Å²) >= 11 is 1.88. The lowest BCUT2D eigenvalue weighted by Crippen LogP contribution is -2.21. The standard InChI is InChI=1S/C25H25NO2S/c1-4-10-20(11-5-1)16-24-22(19-29-23-14-8-3-9-15-23)18-27-25(24)26-28-17-21-12-6-2-7-13-21/h1-15,22,24H,16-19H2/b26-25-/t22-,24+/m0/s1. The van der Waals surface area contributed by atoms with E-state index in [9.17, 15) is 0 Å². The summed E-state index contributed by atoms with van der Waals surface area (Å²) in [6.45, 7) is 1.14. The van der Waals surface area contributed by atoms with E-state index in [4.69, 9.17) is 9.57 Å². The normalized spacial score (nSPS) is 19.8. The van der Waals surface area contributed by atoms with E-state index >= 15 is 0 Å². The lowest BCUT2D eigenvalue weighted by Gasteiger charge is -2.16. The highest BCUT2D eigenvalue weighted by Gasteiger charge is 2.35. The molecule has 1 aliphatic rings. The van der Waals surface area contributed by atoms with Gasteiger partial charge in [0, 0.05) is 22.5 Å². The molecular weight excluding hydrogens is 378 g/mol. The third kappa shape index (κ3) is 5.64. The van der Waals surface area contributed by atoms with Gasteiger partial charge in [0.1, 0.15) is 6.61 Å². The number of ether oxygens (including phenoxy) is 1. The van der Waals surface area contributed by atoms with E-state index in [-0.39, 0.29) is 5.92 Å². The van der Waals surface area contributed by atoms with Crippen molar-refractivity contribution in [3.05, 3.63) is 102 Å². The zero-order chi connectivity index (χ0) is 19.7. The molecule has 3 aromatic rings. The maximum Gasteiger partial charge on any atom is 0.229 e. The molecular formula is C25H25NO2S. The van der Waals surface area contributed by atoms with Crippen molar-refractivity contribution >= 4 is 17.7 Å². The molecule has 2 atom stereocenters. The second-order valence-electron chi connectivity index (χ2n) is 7.18. The molecule has 0 saturated carbocycles. The van der Waals surface area contributed by atoms with Crippen LogP contribution in [0.25, 0.3) is 0 Å². The molecule has 1 fully saturated rings. The van der Waals surface area contributed by atoms with Crippen LogP contribution >= 0.6 is 11.8 Å². The van der Waals surface area contributed by atoms with Crippen molar-refractivity contribution < 1.29 is 9.57 Å². The SMILES string of the molecule is c1ccc(CO/N=C2\OC[C@@H](CSc3ccccc3)[C@H]2Cc2ccccc2)cc1. The van der Waals surface area contributed by atoms with Gasteiger partial charge >= 0.3 is 0 Å². The lowest BCUT2D eigenvalue weighted by molar-refractivity contribution is 0.120. The number of thioether (sulfide) groups is 1. The molecule has 4 heteroatoms. The highest BCUT2D eigenvalue weighted by atomic mass is 32.2. The minimum atomic E-state index is 0.226. The van der Waals surface area contributed by atoms with E-state index in [0.29, 0.717) is 19.1 Å². The Morgan fingerprint density at radius 3 is 2.14 bits per heavy atom. The number of oxime groups is 1. The summed E-state index contributed by atoms with van der Waals surface area (Å²) in [7, 11) is 0. The topological polar surface area (TPSA) is 30.8 Å². The highest BCUT2D eigenvalue weighted by Crippen LogP contribution is 2.32. The number of benzene rings is 3. The third-order valence-electron chi connectivity index (χ3n) is 5.07. The van der Waals surface area contributed by atoms with E-state index in [0.717, 1.165) is 23.6 Å². The van der Waals surface area contributed by atoms with Gasteiger partial charge in [0.25, 0.3) is 0 Å². The second kappa shape index (κ2) is 10.2. The minimum absolute atomic E-state index is 0.226. The van der Waals surface area contributed by atoms with Crippen molar-refractivity contribution in [1.29, 1.82) is 0 Å². The molecule has 0 aromatic heterocycles. The van der Waals surface area contributed by atoms with Gasteiger partial charge in [-0.1, -0.05) is 84.0 Å². The van der Waals surface area contributed by atoms with E-state index in [1.165, 1.54) is 10.5 Å². The minimum Gasteiger partial charge on any atom is -0.478 e. The predicted octanol–water partition coefficient (Wildman–Crippen LogP) is 5.81. The first-order valence-corrected chi connectivity index (χ1v) is 11.0. The molecule has 0 unspecified atom stereocenters. The van der Waals surface area contributed by atoms with Crippen LogP contribution in [-0.2, 0) is 22.6 Å². The van der Waals surface area contributed by atoms with Crippen molar-refractivity contribution in [2.75, 3.05) is 12.4 Å². The van der Waals surface area contributed by atoms with Crippen LogP contribution in [0.5, 0.6) is 0 Å². The zero-order valence-corrected chi connectivity index (χ0v) is 17.1. The van der Waals surface area contributed by atoms with Gasteiger partial charge in [0.05, 0.1) is 6.61 Å². The fourth-order valence-electron chi connectivity index (χ4n) is 3.46. The highest BCUT2D eigenvalue weighted by molar-refractivity contribution is 7.99. The molecule has 29 heavy (non-hydrogen) atoms. The van der Waals surface area contributed by atoms with Gasteiger partial charge < -0.3 is 9.57 Å². The van der Waals surface area contributed by atoms with Gasteiger partial charge in [-0.25, -0.2) is 0 Å². The van der Waals surface area contributed by atoms with Crippen LogP contribution < -0.4 is 0 Å². The molecule has 0 radical (unpaired) electrons. The van der Waals surface area contributed by atoms with Crippen molar-refractivity contribution in [3.8, 4) is 0 Å². The maximum atomic E-state index is 5.99. The Kier molecular flexibility index (Phi) is 6.87. The van der Waals surface area contributed by atoms with Crippen LogP contribution in [0.15, 0.2) is 101 Å². The van der Waals surface area contributed by atoms with Gasteiger partial charge in [-0.15, -0.1) is 11.8 Å². The summed E-state index contributed by atoms with van der Waals surface area (Å²) < 4.78 is 5.99. The molecule has 0 bridgehead atoms. The zero-order valence-electron chi connectivity index (χ0n) is 16.3. The first kappa shape index (κ1) is 19.6. The summed E-state index contributed by atoms with van der Waals surface area (Å²) in [5.41, 5.74) is 2.40. The number of rotatable bonds is 8. The molecule has 3 nitrogen and oxygen atoms in total. The summed E-state index contributed by atoms with van der Waals surface area (Å²) in [4.78, 5) is 6.93. The summed E-state index contributed by atoms with van der Waals surface area (Å²) in [5.74, 6) is 2.35. The predicted molar refractivity (Wildman–Crippen MR) is 119 cm³/mol. The van der Waals surface area contributed by atoms with Gasteiger partial charge in [-0.3, -0.25) is 0 Å². The molecule has 4 rings (SSSR count). The molecule has 1 saturated heterocycles. The largest absolute Gasteiger partial charge is 0.478 e. The summed E-state index contributed by atoms with van der Waals surface area (Å²) in [6, 6.07) is 31.2. The average molecular weight is 404 g/mol. The van der Waals surface area contributed by atoms with E-state index in [1.54, 1.807) is 0 Å². The molecule has 0 N–H and O–H groups in total. The van der Waals surface area contributed by atoms with Crippen LogP contribution in [0.1, 0.15) is 11.1 Å². The quantitative estimate of drug-likeness (QED) is 0.351. The van der Waals surface area contributed by atoms with Crippen LogP contribution in [0.2, 0.25) is 0 Å². The Balaban J connectivity index is 1.43. The van der Waals surface area contributed by atoms with Crippen LogP contribution in [-0.4, -0.2) is 18.3 Å². The van der Waals surface area contributed by atoms with E-state index in [2.05, 4.69) is 65.8 Å². The smallest absolute Gasteiger partial charge is 0.229 e. The van der Waals surface area contributed by atoms with Gasteiger partial charge in [-0.2, -0.15) is 0 Å². The number of nitrogens with zero attached hydrogens (tertiary/aromatic N) is 1. The van der Waals surface area contributed by atoms with Crippen molar-refractivity contribution in [3.63, 3.8) is 0 Å². The maximum absolute atomic E-state index is 5.99. The summed E-state index contributed by atoms with van der Waals surface area (Å²) in [5, 5.41) is 4.39. The molecule has 1 aliphatic heterocycles. The molecule has 148 valence electrons. The number of hydrogen-bond acceptors (Lipinski definition) is 4. The summed E-state index contributed by atoms with van der Waals surface area (Å²) in [6.07, 6.45) is 0.911. The van der Waals surface area contributed by atoms with Crippen LogP contribution in [0.4, 0.5) is 0 Å². The molecule has 3 aromatic carbocycles. The number of hydrogen-bond donors (Lipinski definition) is 0. The molecule has 1 heterocycles.